The summed E-state index contributed by atoms with van der Waals surface area (Å²) in [6.45, 7) is 7.40. The Morgan fingerprint density at radius 3 is 2.56 bits per heavy atom. The van der Waals surface area contributed by atoms with E-state index in [9.17, 15) is 9.59 Å². The van der Waals surface area contributed by atoms with Crippen LogP contribution in [0.5, 0.6) is 0 Å². The predicted octanol–water partition coefficient (Wildman–Crippen LogP) is 2.10. The molecule has 0 saturated carbocycles. The fraction of sp³-hybridized carbons (Fsp3) is 0.556. The molecule has 0 spiro atoms. The van der Waals surface area contributed by atoms with Crippen molar-refractivity contribution in [2.45, 2.75) is 45.7 Å². The summed E-state index contributed by atoms with van der Waals surface area (Å²) in [6, 6.07) is 6.74. The number of piperidine rings is 1. The van der Waals surface area contributed by atoms with E-state index in [4.69, 9.17) is 11.5 Å². The standard InChI is InChI=1S/C18H28N4O2.ClH/c1-12-6-4-5-7-13(12)14(21-17(20)24)10-16(23)22-9-8-15(19)18(2,3)11-22;/h4-7,14-15H,8-11,19H2,1-3H3,(H3,20,21,24);1H. The van der Waals surface area contributed by atoms with Gasteiger partial charge in [-0.2, -0.15) is 0 Å². The molecule has 3 amide bonds. The summed E-state index contributed by atoms with van der Waals surface area (Å²) in [5.41, 5.74) is 13.3. The number of nitrogens with zero attached hydrogens (tertiary/aromatic N) is 1. The van der Waals surface area contributed by atoms with E-state index >= 15 is 0 Å². The first-order chi connectivity index (χ1) is 11.2. The van der Waals surface area contributed by atoms with Crippen LogP contribution in [-0.2, 0) is 4.79 Å². The van der Waals surface area contributed by atoms with Crippen LogP contribution < -0.4 is 16.8 Å². The van der Waals surface area contributed by atoms with Gasteiger partial charge in [0.15, 0.2) is 0 Å². The van der Waals surface area contributed by atoms with Gasteiger partial charge in [-0.25, -0.2) is 4.79 Å². The second-order valence-electron chi connectivity index (χ2n) is 7.32. The number of nitrogens with one attached hydrogen (secondary N) is 1. The van der Waals surface area contributed by atoms with E-state index in [1.165, 1.54) is 0 Å². The third-order valence-electron chi connectivity index (χ3n) is 4.92. The molecule has 0 aromatic heterocycles. The van der Waals surface area contributed by atoms with E-state index < -0.39 is 12.1 Å². The Bertz CT molecular complexity index is 621. The fourth-order valence-electron chi connectivity index (χ4n) is 3.28. The largest absolute Gasteiger partial charge is 0.352 e. The van der Waals surface area contributed by atoms with E-state index in [0.29, 0.717) is 13.1 Å². The van der Waals surface area contributed by atoms with Crippen LogP contribution in [0.3, 0.4) is 0 Å². The van der Waals surface area contributed by atoms with E-state index in [1.54, 1.807) is 0 Å². The summed E-state index contributed by atoms with van der Waals surface area (Å²) in [4.78, 5) is 26.0. The van der Waals surface area contributed by atoms with Crippen LogP contribution in [0.25, 0.3) is 0 Å². The molecule has 1 aliphatic heterocycles. The average Bonchev–Trinajstić information content (AvgIpc) is 2.49. The summed E-state index contributed by atoms with van der Waals surface area (Å²) in [7, 11) is 0. The highest BCUT2D eigenvalue weighted by molar-refractivity contribution is 5.85. The van der Waals surface area contributed by atoms with Crippen molar-refractivity contribution in [1.82, 2.24) is 10.2 Å². The van der Waals surface area contributed by atoms with Crippen molar-refractivity contribution in [3.8, 4) is 0 Å². The van der Waals surface area contributed by atoms with Crippen molar-refractivity contribution in [1.29, 1.82) is 0 Å². The number of rotatable bonds is 4. The molecule has 2 unspecified atom stereocenters. The molecule has 25 heavy (non-hydrogen) atoms. The maximum Gasteiger partial charge on any atom is 0.312 e. The van der Waals surface area contributed by atoms with Crippen molar-refractivity contribution in [3.05, 3.63) is 35.4 Å². The SMILES string of the molecule is Cc1ccccc1C(CC(=O)N1CCC(N)C(C)(C)C1)NC(N)=O.Cl. The summed E-state index contributed by atoms with van der Waals surface area (Å²) in [5.74, 6) is 0.0111. The van der Waals surface area contributed by atoms with Crippen LogP contribution in [0, 0.1) is 12.3 Å². The van der Waals surface area contributed by atoms with Crippen molar-refractivity contribution < 1.29 is 9.59 Å². The Morgan fingerprint density at radius 2 is 2.00 bits per heavy atom. The maximum absolute atomic E-state index is 12.8. The molecule has 6 nitrogen and oxygen atoms in total. The van der Waals surface area contributed by atoms with Gasteiger partial charge < -0.3 is 21.7 Å². The number of carbonyl (C=O) groups is 2. The van der Waals surface area contributed by atoms with Gasteiger partial charge in [0.05, 0.1) is 12.5 Å². The lowest BCUT2D eigenvalue weighted by molar-refractivity contribution is -0.135. The van der Waals surface area contributed by atoms with Crippen LogP contribution >= 0.6 is 12.4 Å². The smallest absolute Gasteiger partial charge is 0.312 e. The first-order valence-electron chi connectivity index (χ1n) is 8.35. The Labute approximate surface area is 155 Å². The molecule has 140 valence electrons. The van der Waals surface area contributed by atoms with Gasteiger partial charge in [-0.1, -0.05) is 38.1 Å². The Morgan fingerprint density at radius 1 is 1.36 bits per heavy atom. The molecule has 1 fully saturated rings. The lowest BCUT2D eigenvalue weighted by Gasteiger charge is -2.43. The number of benzene rings is 1. The van der Waals surface area contributed by atoms with Gasteiger partial charge in [-0.3, -0.25) is 4.79 Å². The summed E-state index contributed by atoms with van der Waals surface area (Å²) < 4.78 is 0. The highest BCUT2D eigenvalue weighted by Crippen LogP contribution is 2.29. The molecule has 1 heterocycles. The number of likely N-dealkylation sites (tertiary alicyclic amines) is 1. The molecule has 2 rings (SSSR count). The fourth-order valence-corrected chi connectivity index (χ4v) is 3.28. The monoisotopic (exact) mass is 368 g/mol. The van der Waals surface area contributed by atoms with E-state index in [2.05, 4.69) is 19.2 Å². The molecule has 5 N–H and O–H groups in total. The van der Waals surface area contributed by atoms with Gasteiger partial charge in [-0.05, 0) is 29.9 Å². The van der Waals surface area contributed by atoms with Crippen LogP contribution in [0.4, 0.5) is 4.79 Å². The Kier molecular flexibility index (Phi) is 7.26. The number of nitrogens with two attached hydrogens (primary N) is 2. The highest BCUT2D eigenvalue weighted by Gasteiger charge is 2.36. The number of halogens is 1. The van der Waals surface area contributed by atoms with Gasteiger partial charge in [0, 0.05) is 19.1 Å². The van der Waals surface area contributed by atoms with E-state index in [0.717, 1.165) is 17.5 Å². The molecule has 1 saturated heterocycles. The van der Waals surface area contributed by atoms with Crippen LogP contribution in [-0.4, -0.2) is 36.0 Å². The molecular weight excluding hydrogens is 340 g/mol. The minimum atomic E-state index is -0.628. The zero-order valence-corrected chi connectivity index (χ0v) is 15.9. The normalized spacial score (nSPS) is 20.3. The van der Waals surface area contributed by atoms with E-state index in [-0.39, 0.29) is 36.2 Å². The third-order valence-corrected chi connectivity index (χ3v) is 4.92. The molecular formula is C18H29ClN4O2. The highest BCUT2D eigenvalue weighted by atomic mass is 35.5. The number of amides is 3. The van der Waals surface area contributed by atoms with Crippen LogP contribution in [0.2, 0.25) is 0 Å². The van der Waals surface area contributed by atoms with Gasteiger partial charge in [0.1, 0.15) is 0 Å². The topological polar surface area (TPSA) is 101 Å². The number of carbonyl (C=O) groups excluding carboxylic acids is 2. The molecule has 1 aromatic carbocycles. The molecule has 7 heteroatoms. The Hall–Kier alpha value is -1.79. The molecule has 0 radical (unpaired) electrons. The zero-order valence-electron chi connectivity index (χ0n) is 15.1. The first-order valence-corrected chi connectivity index (χ1v) is 8.35. The quantitative estimate of drug-likeness (QED) is 0.758. The van der Waals surface area contributed by atoms with Crippen molar-refractivity contribution in [3.63, 3.8) is 0 Å². The predicted molar refractivity (Wildman–Crippen MR) is 101 cm³/mol. The molecule has 0 aliphatic carbocycles. The molecule has 1 aliphatic rings. The lowest BCUT2D eigenvalue weighted by atomic mass is 9.79. The minimum absolute atomic E-state index is 0. The average molecular weight is 369 g/mol. The Balaban J connectivity index is 0.00000312. The first kappa shape index (κ1) is 21.3. The van der Waals surface area contributed by atoms with Gasteiger partial charge in [0.25, 0.3) is 0 Å². The van der Waals surface area contributed by atoms with Crippen LogP contribution in [0.1, 0.15) is 43.9 Å². The van der Waals surface area contributed by atoms with Gasteiger partial charge >= 0.3 is 6.03 Å². The number of hydrogen-bond donors (Lipinski definition) is 3. The summed E-state index contributed by atoms with van der Waals surface area (Å²) in [6.07, 6.45) is 0.982. The van der Waals surface area contributed by atoms with Crippen molar-refractivity contribution in [2.75, 3.05) is 13.1 Å². The number of aryl methyl sites for hydroxylation is 1. The second-order valence-corrected chi connectivity index (χ2v) is 7.32. The lowest BCUT2D eigenvalue weighted by Crippen LogP contribution is -2.54. The molecule has 0 bridgehead atoms. The number of primary amides is 1. The second kappa shape index (κ2) is 8.54. The summed E-state index contributed by atoms with van der Waals surface area (Å²) >= 11 is 0. The van der Waals surface area contributed by atoms with Gasteiger partial charge in [0.2, 0.25) is 5.91 Å². The number of hydrogen-bond acceptors (Lipinski definition) is 3. The molecule has 1 aromatic rings. The summed E-state index contributed by atoms with van der Waals surface area (Å²) in [5, 5.41) is 2.70. The van der Waals surface area contributed by atoms with E-state index in [1.807, 2.05) is 36.1 Å². The van der Waals surface area contributed by atoms with Crippen molar-refractivity contribution in [2.24, 2.45) is 16.9 Å². The van der Waals surface area contributed by atoms with Crippen molar-refractivity contribution >= 4 is 24.3 Å². The molecule has 2 atom stereocenters. The third kappa shape index (κ3) is 5.34. The number of urea groups is 1. The minimum Gasteiger partial charge on any atom is -0.352 e. The van der Waals surface area contributed by atoms with Crippen LogP contribution in [0.15, 0.2) is 24.3 Å². The van der Waals surface area contributed by atoms with Gasteiger partial charge in [-0.15, -0.1) is 12.4 Å². The zero-order chi connectivity index (χ0) is 17.9. The maximum atomic E-state index is 12.8.